The van der Waals surface area contributed by atoms with E-state index in [1.165, 1.54) is 0 Å². The molecule has 0 spiro atoms. The smallest absolute Gasteiger partial charge is 0.245 e. The highest BCUT2D eigenvalue weighted by molar-refractivity contribution is 5.85. The SMILES string of the molecule is CN1C(=O)[C@H](c2ccccc2)N[C@H]1C(C)(C)C. The van der Waals surface area contributed by atoms with Crippen LogP contribution in [0.3, 0.4) is 0 Å². The first-order valence-corrected chi connectivity index (χ1v) is 5.99. The van der Waals surface area contributed by atoms with E-state index < -0.39 is 0 Å². The van der Waals surface area contributed by atoms with Crippen molar-refractivity contribution in [1.82, 2.24) is 10.2 Å². The molecule has 3 nitrogen and oxygen atoms in total. The lowest BCUT2D eigenvalue weighted by atomic mass is 9.92. The largest absolute Gasteiger partial charge is 0.328 e. The maximum absolute atomic E-state index is 12.2. The molecule has 1 aromatic carbocycles. The standard InChI is InChI=1S/C14H20N2O/c1-14(2,3)13-15-11(12(17)16(13)4)10-8-6-5-7-9-10/h5-9,11,13,15H,1-4H3/t11-,13+/m0/s1. The third-order valence-corrected chi connectivity index (χ3v) is 3.26. The summed E-state index contributed by atoms with van der Waals surface area (Å²) in [5.74, 6) is 0.149. The molecule has 0 radical (unpaired) electrons. The van der Waals surface area contributed by atoms with Crippen LogP contribution in [0.5, 0.6) is 0 Å². The molecule has 1 N–H and O–H groups in total. The van der Waals surface area contributed by atoms with Crippen molar-refractivity contribution in [3.63, 3.8) is 0 Å². The molecule has 92 valence electrons. The predicted molar refractivity (Wildman–Crippen MR) is 68.3 cm³/mol. The highest BCUT2D eigenvalue weighted by Gasteiger charge is 2.42. The van der Waals surface area contributed by atoms with Gasteiger partial charge in [0, 0.05) is 7.05 Å². The van der Waals surface area contributed by atoms with Crippen molar-refractivity contribution >= 4 is 5.91 Å². The quantitative estimate of drug-likeness (QED) is 0.804. The molecular weight excluding hydrogens is 212 g/mol. The van der Waals surface area contributed by atoms with E-state index in [1.54, 1.807) is 0 Å². The summed E-state index contributed by atoms with van der Waals surface area (Å²) in [6.07, 6.45) is 0.0835. The highest BCUT2D eigenvalue weighted by Crippen LogP contribution is 2.31. The summed E-state index contributed by atoms with van der Waals surface area (Å²) in [6.45, 7) is 6.42. The lowest BCUT2D eigenvalue weighted by molar-refractivity contribution is -0.129. The monoisotopic (exact) mass is 232 g/mol. The van der Waals surface area contributed by atoms with Crippen LogP contribution in [0, 0.1) is 5.41 Å². The van der Waals surface area contributed by atoms with Crippen molar-refractivity contribution in [2.24, 2.45) is 5.41 Å². The van der Waals surface area contributed by atoms with E-state index in [9.17, 15) is 4.79 Å². The molecule has 2 rings (SSSR count). The lowest BCUT2D eigenvalue weighted by Crippen LogP contribution is -2.44. The molecule has 1 amide bonds. The Morgan fingerprint density at radius 1 is 1.18 bits per heavy atom. The molecule has 17 heavy (non-hydrogen) atoms. The van der Waals surface area contributed by atoms with Crippen LogP contribution in [-0.2, 0) is 4.79 Å². The molecule has 3 heteroatoms. The fourth-order valence-electron chi connectivity index (χ4n) is 2.39. The van der Waals surface area contributed by atoms with Crippen molar-refractivity contribution in [3.05, 3.63) is 35.9 Å². The number of nitrogens with one attached hydrogen (secondary N) is 1. The molecule has 0 unspecified atom stereocenters. The van der Waals surface area contributed by atoms with Gasteiger partial charge in [-0.05, 0) is 11.0 Å². The summed E-state index contributed by atoms with van der Waals surface area (Å²) in [6, 6.07) is 9.69. The second-order valence-electron chi connectivity index (χ2n) is 5.73. The van der Waals surface area contributed by atoms with Crippen LogP contribution < -0.4 is 5.32 Å². The number of carbonyl (C=O) groups is 1. The van der Waals surface area contributed by atoms with Crippen LogP contribution in [0.15, 0.2) is 30.3 Å². The molecule has 1 saturated heterocycles. The summed E-state index contributed by atoms with van der Waals surface area (Å²) < 4.78 is 0. The van der Waals surface area contributed by atoms with Crippen LogP contribution in [0.1, 0.15) is 32.4 Å². The Balaban J connectivity index is 2.26. The molecule has 0 bridgehead atoms. The van der Waals surface area contributed by atoms with Gasteiger partial charge in [0.2, 0.25) is 5.91 Å². The minimum absolute atomic E-state index is 0.0357. The van der Waals surface area contributed by atoms with Gasteiger partial charge in [0.25, 0.3) is 0 Å². The van der Waals surface area contributed by atoms with Gasteiger partial charge in [0.15, 0.2) is 0 Å². The molecule has 1 aromatic rings. The topological polar surface area (TPSA) is 32.3 Å². The van der Waals surface area contributed by atoms with Crippen LogP contribution in [-0.4, -0.2) is 24.0 Å². The fourth-order valence-corrected chi connectivity index (χ4v) is 2.39. The van der Waals surface area contributed by atoms with Crippen molar-refractivity contribution in [1.29, 1.82) is 0 Å². The van der Waals surface area contributed by atoms with Gasteiger partial charge in [-0.25, -0.2) is 0 Å². The van der Waals surface area contributed by atoms with E-state index >= 15 is 0 Å². The zero-order chi connectivity index (χ0) is 12.6. The lowest BCUT2D eigenvalue weighted by Gasteiger charge is -2.32. The normalized spacial score (nSPS) is 25.4. The minimum atomic E-state index is -0.203. The van der Waals surface area contributed by atoms with Crippen LogP contribution in [0.25, 0.3) is 0 Å². The number of benzene rings is 1. The second kappa shape index (κ2) is 4.15. The zero-order valence-corrected chi connectivity index (χ0v) is 10.9. The first kappa shape index (κ1) is 12.1. The summed E-state index contributed by atoms with van der Waals surface area (Å²) in [5.41, 5.74) is 1.07. The number of hydrogen-bond acceptors (Lipinski definition) is 2. The van der Waals surface area contributed by atoms with Crippen LogP contribution in [0.2, 0.25) is 0 Å². The van der Waals surface area contributed by atoms with Gasteiger partial charge in [-0.2, -0.15) is 0 Å². The van der Waals surface area contributed by atoms with Gasteiger partial charge >= 0.3 is 0 Å². The molecule has 1 aliphatic heterocycles. The average molecular weight is 232 g/mol. The summed E-state index contributed by atoms with van der Waals surface area (Å²) >= 11 is 0. The van der Waals surface area contributed by atoms with Crippen molar-refractivity contribution in [2.45, 2.75) is 33.0 Å². The summed E-state index contributed by atoms with van der Waals surface area (Å²) in [7, 11) is 1.87. The van der Waals surface area contributed by atoms with E-state index in [1.807, 2.05) is 42.3 Å². The zero-order valence-electron chi connectivity index (χ0n) is 10.9. The van der Waals surface area contributed by atoms with E-state index in [0.29, 0.717) is 0 Å². The number of rotatable bonds is 1. The highest BCUT2D eigenvalue weighted by atomic mass is 16.2. The molecule has 1 aliphatic rings. The molecular formula is C14H20N2O. The van der Waals surface area contributed by atoms with Gasteiger partial charge in [0.1, 0.15) is 6.04 Å². The number of nitrogens with zero attached hydrogens (tertiary/aromatic N) is 1. The first-order valence-electron chi connectivity index (χ1n) is 5.99. The van der Waals surface area contributed by atoms with E-state index in [-0.39, 0.29) is 23.5 Å². The Morgan fingerprint density at radius 2 is 1.76 bits per heavy atom. The Morgan fingerprint density at radius 3 is 2.24 bits per heavy atom. The van der Waals surface area contributed by atoms with Gasteiger partial charge < -0.3 is 4.90 Å². The van der Waals surface area contributed by atoms with Gasteiger partial charge in [-0.15, -0.1) is 0 Å². The Labute approximate surface area is 103 Å². The molecule has 0 saturated carbocycles. The molecule has 0 aromatic heterocycles. The average Bonchev–Trinajstić information content (AvgIpc) is 2.57. The Kier molecular flexibility index (Phi) is 2.96. The summed E-state index contributed by atoms with van der Waals surface area (Å²) in [4.78, 5) is 14.0. The number of likely N-dealkylation sites (N-methyl/N-ethyl adjacent to an activating group) is 1. The van der Waals surface area contributed by atoms with Crippen molar-refractivity contribution in [3.8, 4) is 0 Å². The van der Waals surface area contributed by atoms with E-state index in [0.717, 1.165) is 5.56 Å². The third-order valence-electron chi connectivity index (χ3n) is 3.26. The Bertz CT molecular complexity index is 408. The van der Waals surface area contributed by atoms with E-state index in [2.05, 4.69) is 26.1 Å². The van der Waals surface area contributed by atoms with Gasteiger partial charge in [0.05, 0.1) is 6.17 Å². The predicted octanol–water partition coefficient (Wildman–Crippen LogP) is 2.16. The maximum Gasteiger partial charge on any atom is 0.245 e. The van der Waals surface area contributed by atoms with Gasteiger partial charge in [-0.3, -0.25) is 10.1 Å². The van der Waals surface area contributed by atoms with Crippen molar-refractivity contribution in [2.75, 3.05) is 7.05 Å². The number of amides is 1. The van der Waals surface area contributed by atoms with Crippen molar-refractivity contribution < 1.29 is 4.79 Å². The van der Waals surface area contributed by atoms with Gasteiger partial charge in [-0.1, -0.05) is 51.1 Å². The van der Waals surface area contributed by atoms with Crippen LogP contribution >= 0.6 is 0 Å². The number of hydrogen-bond donors (Lipinski definition) is 1. The summed E-state index contributed by atoms with van der Waals surface area (Å²) in [5, 5.41) is 3.42. The maximum atomic E-state index is 12.2. The molecule has 2 atom stereocenters. The fraction of sp³-hybridized carbons (Fsp3) is 0.500. The van der Waals surface area contributed by atoms with E-state index in [4.69, 9.17) is 0 Å². The third kappa shape index (κ3) is 2.20. The first-order chi connectivity index (χ1) is 7.91. The minimum Gasteiger partial charge on any atom is -0.328 e. The molecule has 1 heterocycles. The molecule has 1 fully saturated rings. The van der Waals surface area contributed by atoms with Crippen LogP contribution in [0.4, 0.5) is 0 Å². The second-order valence-corrected chi connectivity index (χ2v) is 5.73. The molecule has 0 aliphatic carbocycles. The Hall–Kier alpha value is -1.35. The number of carbonyl (C=O) groups excluding carboxylic acids is 1.